The van der Waals surface area contributed by atoms with E-state index in [9.17, 15) is 24.8 Å². The van der Waals surface area contributed by atoms with Gasteiger partial charge in [-0.15, -0.1) is 0 Å². The molecule has 0 unspecified atom stereocenters. The van der Waals surface area contributed by atoms with Gasteiger partial charge < -0.3 is 20.0 Å². The van der Waals surface area contributed by atoms with Gasteiger partial charge in [-0.1, -0.05) is 11.6 Å². The van der Waals surface area contributed by atoms with Crippen molar-refractivity contribution in [3.05, 3.63) is 62.7 Å². The SMILES string of the molecule is CCOc1ccc(C(=O)NC(=S)Nc2ccc(C(=O)[O-])c(Cl)c2)cc1[N+](=O)[O-]. The summed E-state index contributed by atoms with van der Waals surface area (Å²) in [4.78, 5) is 33.6. The van der Waals surface area contributed by atoms with E-state index in [1.54, 1.807) is 6.92 Å². The topological polar surface area (TPSA) is 134 Å². The summed E-state index contributed by atoms with van der Waals surface area (Å²) in [5, 5.41) is 26.8. The highest BCUT2D eigenvalue weighted by atomic mass is 35.5. The maximum atomic E-state index is 12.3. The first-order chi connectivity index (χ1) is 13.2. The van der Waals surface area contributed by atoms with Crippen LogP contribution in [0.15, 0.2) is 36.4 Å². The van der Waals surface area contributed by atoms with Crippen molar-refractivity contribution in [3.63, 3.8) is 0 Å². The number of carboxylic acids is 1. The summed E-state index contributed by atoms with van der Waals surface area (Å²) >= 11 is 10.8. The molecule has 2 N–H and O–H groups in total. The molecular weight excluding hydrogens is 410 g/mol. The maximum Gasteiger partial charge on any atom is 0.311 e. The van der Waals surface area contributed by atoms with Crippen LogP contribution in [-0.2, 0) is 0 Å². The molecule has 2 aromatic rings. The van der Waals surface area contributed by atoms with Gasteiger partial charge in [-0.3, -0.25) is 20.2 Å². The molecule has 146 valence electrons. The number of hydrogen-bond donors (Lipinski definition) is 2. The highest BCUT2D eigenvalue weighted by Gasteiger charge is 2.19. The second kappa shape index (κ2) is 9.11. The average molecular weight is 423 g/mol. The number of benzene rings is 2. The summed E-state index contributed by atoms with van der Waals surface area (Å²) in [5.74, 6) is -2.06. The fourth-order valence-electron chi connectivity index (χ4n) is 2.17. The number of ether oxygens (including phenoxy) is 1. The van der Waals surface area contributed by atoms with Gasteiger partial charge in [-0.05, 0) is 49.5 Å². The molecule has 2 aromatic carbocycles. The summed E-state index contributed by atoms with van der Waals surface area (Å²) in [5.41, 5.74) is -0.204. The normalized spacial score (nSPS) is 10.1. The zero-order valence-corrected chi connectivity index (χ0v) is 15.9. The largest absolute Gasteiger partial charge is 0.545 e. The van der Waals surface area contributed by atoms with Crippen molar-refractivity contribution in [3.8, 4) is 5.75 Å². The lowest BCUT2D eigenvalue weighted by Crippen LogP contribution is -2.34. The van der Waals surface area contributed by atoms with Crippen molar-refractivity contribution in [2.75, 3.05) is 11.9 Å². The quantitative estimate of drug-likeness (QED) is 0.411. The molecule has 1 amide bonds. The van der Waals surface area contributed by atoms with Crippen LogP contribution in [0.3, 0.4) is 0 Å². The van der Waals surface area contributed by atoms with Crippen molar-refractivity contribution < 1.29 is 24.4 Å². The van der Waals surface area contributed by atoms with Gasteiger partial charge in [0.15, 0.2) is 10.9 Å². The number of aromatic carboxylic acids is 1. The van der Waals surface area contributed by atoms with Crippen LogP contribution in [-0.4, -0.2) is 28.5 Å². The third-order valence-corrected chi connectivity index (χ3v) is 3.91. The molecule has 0 aromatic heterocycles. The Kier molecular flexibility index (Phi) is 6.85. The van der Waals surface area contributed by atoms with E-state index in [0.29, 0.717) is 5.69 Å². The first-order valence-corrected chi connectivity index (χ1v) is 8.56. The van der Waals surface area contributed by atoms with E-state index in [-0.39, 0.29) is 39.3 Å². The maximum absolute atomic E-state index is 12.3. The number of nitro benzene ring substituents is 1. The molecule has 9 nitrogen and oxygen atoms in total. The predicted octanol–water partition coefficient (Wildman–Crippen LogP) is 2.14. The van der Waals surface area contributed by atoms with Gasteiger partial charge in [-0.25, -0.2) is 0 Å². The van der Waals surface area contributed by atoms with Crippen molar-refractivity contribution in [2.45, 2.75) is 6.92 Å². The van der Waals surface area contributed by atoms with E-state index in [0.717, 1.165) is 6.07 Å². The highest BCUT2D eigenvalue weighted by molar-refractivity contribution is 7.80. The van der Waals surface area contributed by atoms with Crippen LogP contribution in [0.5, 0.6) is 5.75 Å². The number of nitrogens with zero attached hydrogens (tertiary/aromatic N) is 1. The zero-order chi connectivity index (χ0) is 20.8. The number of carboxylic acid groups (broad SMARTS) is 1. The van der Waals surface area contributed by atoms with E-state index in [2.05, 4.69) is 10.6 Å². The molecule has 0 aliphatic carbocycles. The molecule has 0 spiro atoms. The first-order valence-electron chi connectivity index (χ1n) is 7.77. The molecule has 28 heavy (non-hydrogen) atoms. The fourth-order valence-corrected chi connectivity index (χ4v) is 2.64. The second-order valence-corrected chi connectivity index (χ2v) is 6.08. The minimum absolute atomic E-state index is 0.00429. The summed E-state index contributed by atoms with van der Waals surface area (Å²) in [7, 11) is 0. The molecule has 0 heterocycles. The molecule has 0 fully saturated rings. The van der Waals surface area contributed by atoms with Crippen LogP contribution in [0.2, 0.25) is 5.02 Å². The average Bonchev–Trinajstić information content (AvgIpc) is 2.61. The third-order valence-electron chi connectivity index (χ3n) is 3.39. The van der Waals surface area contributed by atoms with E-state index >= 15 is 0 Å². The highest BCUT2D eigenvalue weighted by Crippen LogP contribution is 2.28. The zero-order valence-electron chi connectivity index (χ0n) is 14.4. The predicted molar refractivity (Wildman–Crippen MR) is 104 cm³/mol. The molecule has 0 atom stereocenters. The van der Waals surface area contributed by atoms with Crippen LogP contribution in [0.25, 0.3) is 0 Å². The van der Waals surface area contributed by atoms with Crippen molar-refractivity contribution in [1.29, 1.82) is 0 Å². The van der Waals surface area contributed by atoms with Crippen LogP contribution < -0.4 is 20.5 Å². The first kappa shape index (κ1) is 21.1. The van der Waals surface area contributed by atoms with Gasteiger partial charge in [0.25, 0.3) is 5.91 Å². The number of halogens is 1. The Morgan fingerprint density at radius 2 is 1.96 bits per heavy atom. The number of anilines is 1. The van der Waals surface area contributed by atoms with Crippen molar-refractivity contribution in [1.82, 2.24) is 5.32 Å². The lowest BCUT2D eigenvalue weighted by atomic mass is 10.1. The third kappa shape index (κ3) is 5.15. The number of nitrogens with one attached hydrogen (secondary N) is 2. The molecule has 0 aliphatic rings. The summed E-state index contributed by atoms with van der Waals surface area (Å²) in [6, 6.07) is 7.67. The lowest BCUT2D eigenvalue weighted by molar-refractivity contribution is -0.385. The van der Waals surface area contributed by atoms with Crippen molar-refractivity contribution in [2.24, 2.45) is 0 Å². The fraction of sp³-hybridized carbons (Fsp3) is 0.118. The van der Waals surface area contributed by atoms with Gasteiger partial charge >= 0.3 is 5.69 Å². The Morgan fingerprint density at radius 3 is 2.54 bits per heavy atom. The van der Waals surface area contributed by atoms with Gasteiger partial charge in [-0.2, -0.15) is 0 Å². The number of carbonyl (C=O) groups is 2. The van der Waals surface area contributed by atoms with E-state index in [4.69, 9.17) is 28.6 Å². The van der Waals surface area contributed by atoms with Crippen molar-refractivity contribution >= 4 is 52.2 Å². The Hall–Kier alpha value is -3.24. The molecule has 0 bridgehead atoms. The molecule has 2 rings (SSSR count). The van der Waals surface area contributed by atoms with Crippen LogP contribution in [0.1, 0.15) is 27.6 Å². The van der Waals surface area contributed by atoms with Gasteiger partial charge in [0.05, 0.1) is 22.5 Å². The Labute approximate surface area is 169 Å². The molecule has 0 radical (unpaired) electrons. The summed E-state index contributed by atoms with van der Waals surface area (Å²) in [6.45, 7) is 1.92. The molecule has 0 saturated carbocycles. The Morgan fingerprint density at radius 1 is 1.25 bits per heavy atom. The molecule has 0 aliphatic heterocycles. The van der Waals surface area contributed by atoms with Crippen LogP contribution in [0, 0.1) is 10.1 Å². The minimum Gasteiger partial charge on any atom is -0.545 e. The summed E-state index contributed by atoms with van der Waals surface area (Å²) in [6.07, 6.45) is 0. The van der Waals surface area contributed by atoms with Crippen LogP contribution >= 0.6 is 23.8 Å². The summed E-state index contributed by atoms with van der Waals surface area (Å²) < 4.78 is 5.16. The van der Waals surface area contributed by atoms with Gasteiger partial charge in [0.2, 0.25) is 0 Å². The molecule has 0 saturated heterocycles. The van der Waals surface area contributed by atoms with E-state index < -0.39 is 16.8 Å². The Bertz CT molecular complexity index is 966. The lowest BCUT2D eigenvalue weighted by Gasteiger charge is -2.12. The molecular formula is C17H13ClN3O6S-. The standard InChI is InChI=1S/C17H14ClN3O6S/c1-2-27-14-6-3-9(7-13(14)21(25)26)15(22)20-17(28)19-10-4-5-11(16(23)24)12(18)8-10/h3-8H,2H2,1H3,(H,23,24)(H2,19,20,22,28)/p-1. The Balaban J connectivity index is 2.11. The van der Waals surface area contributed by atoms with E-state index in [1.165, 1.54) is 30.3 Å². The monoisotopic (exact) mass is 422 g/mol. The molecule has 11 heteroatoms. The second-order valence-electron chi connectivity index (χ2n) is 5.26. The number of thiocarbonyl (C=S) groups is 1. The van der Waals surface area contributed by atoms with Gasteiger partial charge in [0, 0.05) is 22.9 Å². The number of hydrogen-bond acceptors (Lipinski definition) is 7. The van der Waals surface area contributed by atoms with Gasteiger partial charge in [0.1, 0.15) is 0 Å². The number of amides is 1. The van der Waals surface area contributed by atoms with Crippen LogP contribution in [0.4, 0.5) is 11.4 Å². The number of nitro groups is 1. The van der Waals surface area contributed by atoms with E-state index in [1.807, 2.05) is 0 Å². The number of carbonyl (C=O) groups excluding carboxylic acids is 2. The minimum atomic E-state index is -1.43. The number of rotatable bonds is 6. The smallest absolute Gasteiger partial charge is 0.311 e.